The van der Waals surface area contributed by atoms with Crippen LogP contribution in [-0.2, 0) is 11.3 Å². The number of carbonyl (C=O) groups is 1. The van der Waals surface area contributed by atoms with Gasteiger partial charge >= 0.3 is 0 Å². The number of anilines is 1. The van der Waals surface area contributed by atoms with Gasteiger partial charge in [-0.3, -0.25) is 19.5 Å². The number of hydrogen-bond acceptors (Lipinski definition) is 6. The van der Waals surface area contributed by atoms with Crippen molar-refractivity contribution in [1.82, 2.24) is 14.8 Å². The Hall–Kier alpha value is -3.76. The molecule has 172 valence electrons. The first-order valence-electron chi connectivity index (χ1n) is 10.0. The molecule has 0 radical (unpaired) electrons. The van der Waals surface area contributed by atoms with Crippen LogP contribution in [0.5, 0.6) is 0 Å². The molecular weight excluding hydrogens is 481 g/mol. The Balaban J connectivity index is 1.54. The molecule has 8 nitrogen and oxygen atoms in total. The molecule has 0 aliphatic heterocycles. The van der Waals surface area contributed by atoms with E-state index in [-0.39, 0.29) is 17.1 Å². The molecule has 4 aromatic rings. The van der Waals surface area contributed by atoms with Crippen molar-refractivity contribution in [2.45, 2.75) is 11.7 Å². The van der Waals surface area contributed by atoms with Crippen LogP contribution >= 0.6 is 23.4 Å². The van der Waals surface area contributed by atoms with Gasteiger partial charge in [-0.05, 0) is 35.9 Å². The number of rotatable bonds is 8. The Labute approximate surface area is 202 Å². The fourth-order valence-electron chi connectivity index (χ4n) is 3.16. The number of nitro groups is 1. The van der Waals surface area contributed by atoms with E-state index in [1.165, 1.54) is 0 Å². The van der Waals surface area contributed by atoms with Crippen LogP contribution in [0.3, 0.4) is 0 Å². The van der Waals surface area contributed by atoms with Crippen molar-refractivity contribution in [1.29, 1.82) is 0 Å². The van der Waals surface area contributed by atoms with E-state index in [9.17, 15) is 19.3 Å². The standard InChI is InChI=1S/C23H17ClFN5O3S/c24-17-8-6-16(7-9-17)22-27-28-23(29(22)13-15-4-2-1-3-5-15)34-14-21(31)26-20-12-18(30(32)33)10-11-19(20)25/h1-12H,13-14H2,(H,26,31). The van der Waals surface area contributed by atoms with Gasteiger partial charge in [0.2, 0.25) is 5.91 Å². The third-order valence-electron chi connectivity index (χ3n) is 4.77. The maximum Gasteiger partial charge on any atom is 0.271 e. The summed E-state index contributed by atoms with van der Waals surface area (Å²) in [6, 6.07) is 19.8. The van der Waals surface area contributed by atoms with Crippen LogP contribution in [0.4, 0.5) is 15.8 Å². The maximum atomic E-state index is 14.0. The first-order valence-corrected chi connectivity index (χ1v) is 11.4. The minimum absolute atomic E-state index is 0.102. The number of aromatic nitrogens is 3. The van der Waals surface area contributed by atoms with E-state index in [1.807, 2.05) is 47.0 Å². The van der Waals surface area contributed by atoms with Crippen LogP contribution in [-0.4, -0.2) is 31.3 Å². The van der Waals surface area contributed by atoms with Gasteiger partial charge in [0.15, 0.2) is 11.0 Å². The Morgan fingerprint density at radius 2 is 1.82 bits per heavy atom. The molecule has 1 amide bonds. The topological polar surface area (TPSA) is 103 Å². The van der Waals surface area contributed by atoms with Crippen molar-refractivity contribution in [3.8, 4) is 11.4 Å². The summed E-state index contributed by atoms with van der Waals surface area (Å²) < 4.78 is 15.9. The van der Waals surface area contributed by atoms with E-state index < -0.39 is 16.6 Å². The number of nitrogens with zero attached hydrogens (tertiary/aromatic N) is 4. The van der Waals surface area contributed by atoms with Gasteiger partial charge in [-0.2, -0.15) is 0 Å². The van der Waals surface area contributed by atoms with Crippen LogP contribution < -0.4 is 5.32 Å². The number of hydrogen-bond donors (Lipinski definition) is 1. The SMILES string of the molecule is O=C(CSc1nnc(-c2ccc(Cl)cc2)n1Cc1ccccc1)Nc1cc([N+](=O)[O-])ccc1F. The fourth-order valence-corrected chi connectivity index (χ4v) is 4.02. The molecule has 1 N–H and O–H groups in total. The van der Waals surface area contributed by atoms with E-state index in [4.69, 9.17) is 11.6 Å². The van der Waals surface area contributed by atoms with Gasteiger partial charge in [0, 0.05) is 22.7 Å². The van der Waals surface area contributed by atoms with E-state index in [0.717, 1.165) is 41.1 Å². The van der Waals surface area contributed by atoms with Crippen molar-refractivity contribution in [3.63, 3.8) is 0 Å². The monoisotopic (exact) mass is 497 g/mol. The number of benzene rings is 3. The molecule has 0 spiro atoms. The first-order chi connectivity index (χ1) is 16.4. The Morgan fingerprint density at radius 1 is 1.09 bits per heavy atom. The Bertz CT molecular complexity index is 1330. The number of thioether (sulfide) groups is 1. The predicted octanol–water partition coefficient (Wildman–Crippen LogP) is 5.42. The molecule has 1 aromatic heterocycles. The van der Waals surface area contributed by atoms with E-state index in [0.29, 0.717) is 22.5 Å². The largest absolute Gasteiger partial charge is 0.323 e. The van der Waals surface area contributed by atoms with Crippen molar-refractivity contribution < 1.29 is 14.1 Å². The average Bonchev–Trinajstić information content (AvgIpc) is 3.22. The van der Waals surface area contributed by atoms with Crippen molar-refractivity contribution in [2.24, 2.45) is 0 Å². The lowest BCUT2D eigenvalue weighted by Crippen LogP contribution is -2.16. The van der Waals surface area contributed by atoms with Gasteiger partial charge in [0.05, 0.1) is 22.9 Å². The quantitative estimate of drug-likeness (QED) is 0.198. The Morgan fingerprint density at radius 3 is 2.53 bits per heavy atom. The molecule has 0 saturated carbocycles. The first kappa shape index (κ1) is 23.4. The summed E-state index contributed by atoms with van der Waals surface area (Å²) in [4.78, 5) is 22.7. The molecule has 34 heavy (non-hydrogen) atoms. The molecule has 0 fully saturated rings. The summed E-state index contributed by atoms with van der Waals surface area (Å²) in [6.45, 7) is 0.468. The third kappa shape index (κ3) is 5.59. The van der Waals surface area contributed by atoms with Crippen molar-refractivity contribution in [3.05, 3.63) is 99.3 Å². The maximum absolute atomic E-state index is 14.0. The fraction of sp³-hybridized carbons (Fsp3) is 0.0870. The summed E-state index contributed by atoms with van der Waals surface area (Å²) in [7, 11) is 0. The summed E-state index contributed by atoms with van der Waals surface area (Å²) in [6.07, 6.45) is 0. The third-order valence-corrected chi connectivity index (χ3v) is 5.99. The summed E-state index contributed by atoms with van der Waals surface area (Å²) in [5.74, 6) is -0.795. The second kappa shape index (κ2) is 10.4. The number of nitro benzene ring substituents is 1. The van der Waals surface area contributed by atoms with Crippen LogP contribution in [0, 0.1) is 15.9 Å². The lowest BCUT2D eigenvalue weighted by Gasteiger charge is -2.11. The highest BCUT2D eigenvalue weighted by Crippen LogP contribution is 2.27. The van der Waals surface area contributed by atoms with Gasteiger partial charge in [-0.15, -0.1) is 10.2 Å². The highest BCUT2D eigenvalue weighted by atomic mass is 35.5. The number of carbonyl (C=O) groups excluding carboxylic acids is 1. The van der Waals surface area contributed by atoms with Crippen LogP contribution in [0.25, 0.3) is 11.4 Å². The molecule has 0 unspecified atom stereocenters. The van der Waals surface area contributed by atoms with Crippen LogP contribution in [0.1, 0.15) is 5.56 Å². The summed E-state index contributed by atoms with van der Waals surface area (Å²) in [5, 5.41) is 22.9. The molecule has 3 aromatic carbocycles. The second-order valence-corrected chi connectivity index (χ2v) is 8.52. The molecule has 0 saturated heterocycles. The molecule has 0 atom stereocenters. The van der Waals surface area contributed by atoms with Crippen LogP contribution in [0.2, 0.25) is 5.02 Å². The van der Waals surface area contributed by atoms with Gasteiger partial charge in [0.1, 0.15) is 5.82 Å². The molecule has 0 bridgehead atoms. The highest BCUT2D eigenvalue weighted by Gasteiger charge is 2.18. The molecule has 0 aliphatic rings. The minimum Gasteiger partial charge on any atom is -0.323 e. The zero-order valence-electron chi connectivity index (χ0n) is 17.5. The van der Waals surface area contributed by atoms with E-state index in [2.05, 4.69) is 15.5 Å². The second-order valence-electron chi connectivity index (χ2n) is 7.14. The molecule has 1 heterocycles. The molecule has 0 aliphatic carbocycles. The number of halogens is 2. The van der Waals surface area contributed by atoms with Gasteiger partial charge in [-0.25, -0.2) is 4.39 Å². The van der Waals surface area contributed by atoms with Crippen molar-refractivity contribution >= 4 is 40.6 Å². The lowest BCUT2D eigenvalue weighted by molar-refractivity contribution is -0.384. The Kier molecular flexibility index (Phi) is 7.19. The smallest absolute Gasteiger partial charge is 0.271 e. The molecular formula is C23H17ClFN5O3S. The zero-order valence-corrected chi connectivity index (χ0v) is 19.1. The average molecular weight is 498 g/mol. The highest BCUT2D eigenvalue weighted by molar-refractivity contribution is 7.99. The number of nitrogens with one attached hydrogen (secondary N) is 1. The van der Waals surface area contributed by atoms with E-state index in [1.54, 1.807) is 12.1 Å². The molecule has 4 rings (SSSR count). The number of non-ortho nitro benzene ring substituents is 1. The normalized spacial score (nSPS) is 10.8. The van der Waals surface area contributed by atoms with Crippen LogP contribution in [0.15, 0.2) is 78.0 Å². The predicted molar refractivity (Wildman–Crippen MR) is 128 cm³/mol. The van der Waals surface area contributed by atoms with Crippen molar-refractivity contribution in [2.75, 3.05) is 11.1 Å². The number of amides is 1. The summed E-state index contributed by atoms with van der Waals surface area (Å²) >= 11 is 7.13. The lowest BCUT2D eigenvalue weighted by atomic mass is 10.2. The molecule has 11 heteroatoms. The van der Waals surface area contributed by atoms with Gasteiger partial charge in [-0.1, -0.05) is 53.7 Å². The van der Waals surface area contributed by atoms with Gasteiger partial charge in [0.25, 0.3) is 5.69 Å². The zero-order chi connectivity index (χ0) is 24.1. The minimum atomic E-state index is -0.763. The van der Waals surface area contributed by atoms with Gasteiger partial charge < -0.3 is 5.32 Å². The van der Waals surface area contributed by atoms with E-state index >= 15 is 0 Å². The summed E-state index contributed by atoms with van der Waals surface area (Å²) in [5.41, 5.74) is 1.25.